The summed E-state index contributed by atoms with van der Waals surface area (Å²) < 4.78 is 0. The van der Waals surface area contributed by atoms with E-state index >= 15 is 0 Å². The fourth-order valence-electron chi connectivity index (χ4n) is 1.56. The van der Waals surface area contributed by atoms with Gasteiger partial charge in [-0.15, -0.1) is 0 Å². The number of hydrogen-bond donors (Lipinski definition) is 2. The smallest absolute Gasteiger partial charge is 0.126 e. The Kier molecular flexibility index (Phi) is 5.09. The molecule has 3 nitrogen and oxygen atoms in total. The van der Waals surface area contributed by atoms with Crippen LogP contribution in [0.2, 0.25) is 0 Å². The predicted octanol–water partition coefficient (Wildman–Crippen LogP) is 3.21. The predicted molar refractivity (Wildman–Crippen MR) is 70.6 cm³/mol. The molecule has 0 fully saturated rings. The summed E-state index contributed by atoms with van der Waals surface area (Å²) in [6.45, 7) is 7.51. The highest BCUT2D eigenvalue weighted by Gasteiger charge is 1.98. The lowest BCUT2D eigenvalue weighted by molar-refractivity contribution is 0.544. The van der Waals surface area contributed by atoms with E-state index in [9.17, 15) is 0 Å². The minimum atomic E-state index is 0.755. The Balaban J connectivity index is 2.24. The molecule has 1 aromatic rings. The van der Waals surface area contributed by atoms with E-state index < -0.39 is 0 Å². The number of anilines is 2. The van der Waals surface area contributed by atoms with Crippen molar-refractivity contribution in [1.82, 2.24) is 4.98 Å². The average Bonchev–Trinajstić information content (AvgIpc) is 2.22. The van der Waals surface area contributed by atoms with E-state index in [1.807, 2.05) is 13.0 Å². The molecule has 1 rings (SSSR count). The van der Waals surface area contributed by atoms with Crippen LogP contribution in [0.15, 0.2) is 12.3 Å². The zero-order chi connectivity index (χ0) is 12.0. The third-order valence-electron chi connectivity index (χ3n) is 2.67. The summed E-state index contributed by atoms with van der Waals surface area (Å²) >= 11 is 0. The Labute approximate surface area is 98.5 Å². The number of nitrogens with two attached hydrogens (primary N) is 1. The van der Waals surface area contributed by atoms with Crippen molar-refractivity contribution in [2.45, 2.75) is 40.0 Å². The quantitative estimate of drug-likeness (QED) is 0.725. The lowest BCUT2D eigenvalue weighted by Crippen LogP contribution is -2.04. The van der Waals surface area contributed by atoms with Gasteiger partial charge in [0.1, 0.15) is 5.82 Å². The van der Waals surface area contributed by atoms with Gasteiger partial charge >= 0.3 is 0 Å². The molecule has 0 aliphatic rings. The van der Waals surface area contributed by atoms with Gasteiger partial charge in [0.2, 0.25) is 0 Å². The Morgan fingerprint density at radius 1 is 1.38 bits per heavy atom. The van der Waals surface area contributed by atoms with E-state index in [4.69, 9.17) is 5.73 Å². The van der Waals surface area contributed by atoms with Gasteiger partial charge in [-0.1, -0.05) is 26.7 Å². The summed E-state index contributed by atoms with van der Waals surface area (Å²) in [6.07, 6.45) is 5.49. The van der Waals surface area contributed by atoms with E-state index in [2.05, 4.69) is 24.1 Å². The zero-order valence-electron chi connectivity index (χ0n) is 10.6. The second kappa shape index (κ2) is 6.36. The number of nitrogens with one attached hydrogen (secondary N) is 1. The highest BCUT2D eigenvalue weighted by molar-refractivity contribution is 5.50. The maximum atomic E-state index is 5.71. The number of rotatable bonds is 6. The Hall–Kier alpha value is -1.25. The average molecular weight is 221 g/mol. The van der Waals surface area contributed by atoms with Crippen LogP contribution in [0.25, 0.3) is 0 Å². The highest BCUT2D eigenvalue weighted by Crippen LogP contribution is 2.13. The van der Waals surface area contributed by atoms with Gasteiger partial charge in [0.25, 0.3) is 0 Å². The standard InChI is InChI=1S/C13H23N3/c1-10(2)6-4-5-7-15-13-8-11(3)12(14)9-16-13/h8-10H,4-7,14H2,1-3H3,(H,15,16). The monoisotopic (exact) mass is 221 g/mol. The molecule has 0 bridgehead atoms. The normalized spacial score (nSPS) is 10.8. The molecule has 90 valence electrons. The molecule has 16 heavy (non-hydrogen) atoms. The van der Waals surface area contributed by atoms with Crippen molar-refractivity contribution in [2.24, 2.45) is 5.92 Å². The first-order valence-corrected chi connectivity index (χ1v) is 6.05. The molecule has 3 heteroatoms. The molecule has 0 spiro atoms. The maximum absolute atomic E-state index is 5.71. The number of aryl methyl sites for hydroxylation is 1. The van der Waals surface area contributed by atoms with Crippen LogP contribution in [0, 0.1) is 12.8 Å². The lowest BCUT2D eigenvalue weighted by atomic mass is 10.1. The molecule has 3 N–H and O–H groups in total. The van der Waals surface area contributed by atoms with Gasteiger partial charge in [0.05, 0.1) is 11.9 Å². The largest absolute Gasteiger partial charge is 0.397 e. The molecule has 0 saturated carbocycles. The summed E-state index contributed by atoms with van der Waals surface area (Å²) in [7, 11) is 0. The van der Waals surface area contributed by atoms with Crippen molar-refractivity contribution < 1.29 is 0 Å². The van der Waals surface area contributed by atoms with Gasteiger partial charge in [0, 0.05) is 6.54 Å². The van der Waals surface area contributed by atoms with Crippen LogP contribution in [0.3, 0.4) is 0 Å². The van der Waals surface area contributed by atoms with Gasteiger partial charge in [-0.2, -0.15) is 0 Å². The molecule has 1 heterocycles. The number of pyridine rings is 1. The van der Waals surface area contributed by atoms with Crippen LogP contribution < -0.4 is 11.1 Å². The van der Waals surface area contributed by atoms with Gasteiger partial charge in [-0.05, 0) is 30.9 Å². The summed E-state index contributed by atoms with van der Waals surface area (Å²) in [5.41, 5.74) is 7.55. The topological polar surface area (TPSA) is 50.9 Å². The van der Waals surface area contributed by atoms with Crippen LogP contribution in [0.1, 0.15) is 38.7 Å². The summed E-state index contributed by atoms with van der Waals surface area (Å²) in [6, 6.07) is 2.00. The van der Waals surface area contributed by atoms with Crippen LogP contribution in [0.5, 0.6) is 0 Å². The van der Waals surface area contributed by atoms with Crippen molar-refractivity contribution in [3.8, 4) is 0 Å². The molecular weight excluding hydrogens is 198 g/mol. The SMILES string of the molecule is Cc1cc(NCCCCC(C)C)ncc1N. The number of aromatic nitrogens is 1. The molecule has 0 radical (unpaired) electrons. The maximum Gasteiger partial charge on any atom is 0.126 e. The number of nitrogens with zero attached hydrogens (tertiary/aromatic N) is 1. The lowest BCUT2D eigenvalue weighted by Gasteiger charge is -2.08. The Bertz CT molecular complexity index is 321. The van der Waals surface area contributed by atoms with Gasteiger partial charge < -0.3 is 11.1 Å². The van der Waals surface area contributed by atoms with Crippen LogP contribution in [-0.2, 0) is 0 Å². The molecule has 0 saturated heterocycles. The van der Waals surface area contributed by atoms with Crippen molar-refractivity contribution in [2.75, 3.05) is 17.6 Å². The molecule has 0 unspecified atom stereocenters. The minimum absolute atomic E-state index is 0.755. The number of unbranched alkanes of at least 4 members (excludes halogenated alkanes) is 1. The first kappa shape index (κ1) is 12.8. The van der Waals surface area contributed by atoms with Crippen molar-refractivity contribution in [3.63, 3.8) is 0 Å². The fraction of sp³-hybridized carbons (Fsp3) is 0.615. The second-order valence-electron chi connectivity index (χ2n) is 4.74. The number of nitrogen functional groups attached to an aromatic ring is 1. The van der Waals surface area contributed by atoms with Gasteiger partial charge in [0.15, 0.2) is 0 Å². The molecular formula is C13H23N3. The van der Waals surface area contributed by atoms with Crippen LogP contribution in [0.4, 0.5) is 11.5 Å². The first-order chi connectivity index (χ1) is 7.59. The third kappa shape index (κ3) is 4.51. The first-order valence-electron chi connectivity index (χ1n) is 6.05. The molecule has 1 aromatic heterocycles. The molecule has 0 amide bonds. The van der Waals surface area contributed by atoms with E-state index in [1.54, 1.807) is 6.20 Å². The summed E-state index contributed by atoms with van der Waals surface area (Å²) in [5.74, 6) is 1.73. The van der Waals surface area contributed by atoms with Crippen LogP contribution in [-0.4, -0.2) is 11.5 Å². The Morgan fingerprint density at radius 3 is 2.75 bits per heavy atom. The van der Waals surface area contributed by atoms with E-state index in [1.165, 1.54) is 19.3 Å². The Morgan fingerprint density at radius 2 is 2.12 bits per heavy atom. The third-order valence-corrected chi connectivity index (χ3v) is 2.67. The van der Waals surface area contributed by atoms with Crippen molar-refractivity contribution in [1.29, 1.82) is 0 Å². The second-order valence-corrected chi connectivity index (χ2v) is 4.74. The van der Waals surface area contributed by atoms with Crippen molar-refractivity contribution >= 4 is 11.5 Å². The molecule has 0 atom stereocenters. The molecule has 0 aliphatic heterocycles. The summed E-state index contributed by atoms with van der Waals surface area (Å²) in [5, 5.41) is 3.32. The van der Waals surface area contributed by atoms with E-state index in [0.717, 1.165) is 29.5 Å². The molecule has 0 aliphatic carbocycles. The van der Waals surface area contributed by atoms with Crippen molar-refractivity contribution in [3.05, 3.63) is 17.8 Å². The van der Waals surface area contributed by atoms with Gasteiger partial charge in [-0.25, -0.2) is 4.98 Å². The highest BCUT2D eigenvalue weighted by atomic mass is 15.0. The van der Waals surface area contributed by atoms with E-state index in [-0.39, 0.29) is 0 Å². The number of hydrogen-bond acceptors (Lipinski definition) is 3. The minimum Gasteiger partial charge on any atom is -0.397 e. The summed E-state index contributed by atoms with van der Waals surface area (Å²) in [4.78, 5) is 4.24. The van der Waals surface area contributed by atoms with Crippen LogP contribution >= 0.6 is 0 Å². The van der Waals surface area contributed by atoms with Gasteiger partial charge in [-0.3, -0.25) is 0 Å². The molecule has 0 aromatic carbocycles. The zero-order valence-corrected chi connectivity index (χ0v) is 10.6. The van der Waals surface area contributed by atoms with E-state index in [0.29, 0.717) is 0 Å². The fourth-order valence-corrected chi connectivity index (χ4v) is 1.56.